The largest absolute Gasteiger partial charge is 0.334 e. The molecule has 1 N–H and O–H groups in total. The van der Waals surface area contributed by atoms with Gasteiger partial charge in [-0.05, 0) is 26.1 Å². The summed E-state index contributed by atoms with van der Waals surface area (Å²) in [5.41, 5.74) is 1.57. The molecular formula is C17H21N5O2. The lowest BCUT2D eigenvalue weighted by atomic mass is 10.1. The number of rotatable bonds is 6. The van der Waals surface area contributed by atoms with Gasteiger partial charge < -0.3 is 14.4 Å². The summed E-state index contributed by atoms with van der Waals surface area (Å²) in [6.07, 6.45) is 0.695. The summed E-state index contributed by atoms with van der Waals surface area (Å²) in [6, 6.07) is 7.92. The highest BCUT2D eigenvalue weighted by atomic mass is 16.5. The molecule has 24 heavy (non-hydrogen) atoms. The van der Waals surface area contributed by atoms with E-state index >= 15 is 0 Å². The summed E-state index contributed by atoms with van der Waals surface area (Å²) in [7, 11) is 1.91. The van der Waals surface area contributed by atoms with Gasteiger partial charge in [0.25, 0.3) is 11.8 Å². The predicted octanol–water partition coefficient (Wildman–Crippen LogP) is 3.06. The molecule has 0 amide bonds. The second kappa shape index (κ2) is 6.92. The van der Waals surface area contributed by atoms with Crippen molar-refractivity contribution in [3.05, 3.63) is 35.9 Å². The highest BCUT2D eigenvalue weighted by Gasteiger charge is 2.19. The first-order valence-corrected chi connectivity index (χ1v) is 8.01. The second-order valence-corrected chi connectivity index (χ2v) is 6.07. The Kier molecular flexibility index (Phi) is 4.71. The zero-order valence-electron chi connectivity index (χ0n) is 14.3. The third-order valence-electron chi connectivity index (χ3n) is 3.80. The van der Waals surface area contributed by atoms with Crippen molar-refractivity contribution in [1.29, 1.82) is 0 Å². The second-order valence-electron chi connectivity index (χ2n) is 6.07. The van der Waals surface area contributed by atoms with Gasteiger partial charge in [0.05, 0.1) is 11.1 Å². The van der Waals surface area contributed by atoms with Crippen molar-refractivity contribution in [2.75, 3.05) is 7.05 Å². The van der Waals surface area contributed by atoms with Crippen LogP contribution >= 0.6 is 0 Å². The zero-order chi connectivity index (χ0) is 17.1. The molecule has 0 aliphatic heterocycles. The van der Waals surface area contributed by atoms with Crippen LogP contribution in [-0.4, -0.2) is 33.4 Å². The number of benzene rings is 1. The Labute approximate surface area is 140 Å². The molecule has 0 spiro atoms. The van der Waals surface area contributed by atoms with Gasteiger partial charge in [0, 0.05) is 18.4 Å². The fraction of sp³-hybridized carbons (Fsp3) is 0.412. The molecule has 7 nitrogen and oxygen atoms in total. The van der Waals surface area contributed by atoms with E-state index in [-0.39, 0.29) is 12.0 Å². The van der Waals surface area contributed by atoms with Crippen molar-refractivity contribution in [3.63, 3.8) is 0 Å². The molecule has 126 valence electrons. The Morgan fingerprint density at radius 1 is 0.958 bits per heavy atom. The monoisotopic (exact) mass is 327 g/mol. The van der Waals surface area contributed by atoms with Gasteiger partial charge in [-0.1, -0.05) is 36.3 Å². The minimum atomic E-state index is 0.202. The highest BCUT2D eigenvalue weighted by Crippen LogP contribution is 2.30. The van der Waals surface area contributed by atoms with E-state index in [9.17, 15) is 0 Å². The van der Waals surface area contributed by atoms with Crippen LogP contribution in [0.3, 0.4) is 0 Å². The molecule has 7 heteroatoms. The van der Waals surface area contributed by atoms with Crippen LogP contribution in [0, 0.1) is 0 Å². The number of hydrogen-bond donors (Lipinski definition) is 1. The molecule has 2 aromatic heterocycles. The number of hydrogen-bond acceptors (Lipinski definition) is 7. The predicted molar refractivity (Wildman–Crippen MR) is 89.3 cm³/mol. The molecule has 3 rings (SSSR count). The van der Waals surface area contributed by atoms with E-state index < -0.39 is 0 Å². The molecule has 1 aromatic carbocycles. The number of aromatic nitrogens is 4. The van der Waals surface area contributed by atoms with Crippen LogP contribution in [0.4, 0.5) is 0 Å². The molecule has 0 bridgehead atoms. The van der Waals surface area contributed by atoms with E-state index in [0.29, 0.717) is 29.9 Å². The van der Waals surface area contributed by atoms with Gasteiger partial charge in [-0.3, -0.25) is 0 Å². The number of nitrogens with zero attached hydrogens (tertiary/aromatic N) is 4. The smallest absolute Gasteiger partial charge is 0.258 e. The molecule has 2 heterocycles. The lowest BCUT2D eigenvalue weighted by Crippen LogP contribution is -2.24. The van der Waals surface area contributed by atoms with E-state index in [1.165, 1.54) is 0 Å². The van der Waals surface area contributed by atoms with Crippen LogP contribution in [0.25, 0.3) is 22.9 Å². The SMILES string of the molecule is CNC(C)Cc1noc(-c2ccccc2-c2nc(C(C)C)no2)n1. The average molecular weight is 327 g/mol. The summed E-state index contributed by atoms with van der Waals surface area (Å²) in [5, 5.41) is 11.2. The van der Waals surface area contributed by atoms with Crippen molar-refractivity contribution < 1.29 is 9.05 Å². The first-order valence-electron chi connectivity index (χ1n) is 8.01. The van der Waals surface area contributed by atoms with Crippen LogP contribution in [-0.2, 0) is 6.42 Å². The standard InChI is InChI=1S/C17H21N5O2/c1-10(2)15-20-17(24-22-15)13-8-6-5-7-12(13)16-19-14(21-23-16)9-11(3)18-4/h5-8,10-11,18H,9H2,1-4H3. The quantitative estimate of drug-likeness (QED) is 0.744. The fourth-order valence-electron chi connectivity index (χ4n) is 2.26. The lowest BCUT2D eigenvalue weighted by Gasteiger charge is -2.04. The molecule has 0 saturated carbocycles. The van der Waals surface area contributed by atoms with Crippen LogP contribution in [0.5, 0.6) is 0 Å². The number of likely N-dealkylation sites (N-methyl/N-ethyl adjacent to an activating group) is 1. The van der Waals surface area contributed by atoms with Crippen molar-refractivity contribution in [2.45, 2.75) is 39.2 Å². The number of nitrogens with one attached hydrogen (secondary N) is 1. The molecule has 0 saturated heterocycles. The van der Waals surface area contributed by atoms with E-state index in [4.69, 9.17) is 9.05 Å². The summed E-state index contributed by atoms with van der Waals surface area (Å²) in [5.74, 6) is 2.45. The first-order chi connectivity index (χ1) is 11.6. The van der Waals surface area contributed by atoms with Crippen molar-refractivity contribution in [3.8, 4) is 22.9 Å². The highest BCUT2D eigenvalue weighted by molar-refractivity contribution is 5.75. The Morgan fingerprint density at radius 2 is 1.58 bits per heavy atom. The Hall–Kier alpha value is -2.54. The summed E-state index contributed by atoms with van der Waals surface area (Å²) in [4.78, 5) is 8.95. The van der Waals surface area contributed by atoms with E-state index in [2.05, 4.69) is 32.5 Å². The fourth-order valence-corrected chi connectivity index (χ4v) is 2.26. The van der Waals surface area contributed by atoms with Gasteiger partial charge in [-0.25, -0.2) is 0 Å². The normalized spacial score (nSPS) is 12.7. The van der Waals surface area contributed by atoms with Gasteiger partial charge in [0.1, 0.15) is 0 Å². The van der Waals surface area contributed by atoms with Crippen LogP contribution in [0.2, 0.25) is 0 Å². The van der Waals surface area contributed by atoms with Gasteiger partial charge in [0.2, 0.25) is 0 Å². The van der Waals surface area contributed by atoms with Gasteiger partial charge in [0.15, 0.2) is 11.6 Å². The lowest BCUT2D eigenvalue weighted by molar-refractivity contribution is 0.414. The molecule has 3 aromatic rings. The van der Waals surface area contributed by atoms with Gasteiger partial charge in [-0.15, -0.1) is 0 Å². The topological polar surface area (TPSA) is 89.9 Å². The summed E-state index contributed by atoms with van der Waals surface area (Å²) >= 11 is 0. The summed E-state index contributed by atoms with van der Waals surface area (Å²) < 4.78 is 10.8. The maximum atomic E-state index is 5.43. The molecule has 0 aliphatic carbocycles. The van der Waals surface area contributed by atoms with Gasteiger partial charge in [-0.2, -0.15) is 9.97 Å². The molecular weight excluding hydrogens is 306 g/mol. The van der Waals surface area contributed by atoms with Crippen LogP contribution in [0.15, 0.2) is 33.3 Å². The average Bonchev–Trinajstić information content (AvgIpc) is 3.24. The van der Waals surface area contributed by atoms with Gasteiger partial charge >= 0.3 is 0 Å². The van der Waals surface area contributed by atoms with E-state index in [0.717, 1.165) is 11.1 Å². The molecule has 0 aliphatic rings. The third kappa shape index (κ3) is 3.35. The van der Waals surface area contributed by atoms with E-state index in [1.54, 1.807) is 0 Å². The Bertz CT molecular complexity index is 809. The zero-order valence-corrected chi connectivity index (χ0v) is 14.3. The Balaban J connectivity index is 1.94. The minimum Gasteiger partial charge on any atom is -0.334 e. The van der Waals surface area contributed by atoms with Crippen LogP contribution < -0.4 is 5.32 Å². The van der Waals surface area contributed by atoms with Crippen molar-refractivity contribution in [1.82, 2.24) is 25.6 Å². The molecule has 1 unspecified atom stereocenters. The molecule has 0 fully saturated rings. The molecule has 0 radical (unpaired) electrons. The Morgan fingerprint density at radius 3 is 2.17 bits per heavy atom. The maximum Gasteiger partial charge on any atom is 0.258 e. The third-order valence-corrected chi connectivity index (χ3v) is 3.80. The summed E-state index contributed by atoms with van der Waals surface area (Å²) in [6.45, 7) is 6.11. The van der Waals surface area contributed by atoms with Crippen molar-refractivity contribution in [2.24, 2.45) is 0 Å². The maximum absolute atomic E-state index is 5.43. The van der Waals surface area contributed by atoms with Crippen molar-refractivity contribution >= 4 is 0 Å². The minimum absolute atomic E-state index is 0.202. The van der Waals surface area contributed by atoms with Crippen LogP contribution in [0.1, 0.15) is 38.3 Å². The van der Waals surface area contributed by atoms with E-state index in [1.807, 2.05) is 45.2 Å². The first kappa shape index (κ1) is 16.3. The molecule has 1 atom stereocenters.